The minimum Gasteiger partial charge on any atom is -0.478 e. The highest BCUT2D eigenvalue weighted by molar-refractivity contribution is 6.03. The number of carboxylic acid groups (broad SMARTS) is 1. The number of alkyl halides is 3. The molecule has 1 aliphatic heterocycles. The standard InChI is InChI=1S/C14H11F3N2O2/c15-14(16,17)8-6-19(7-8)9-1-2-12-11(5-9)10(13(20)21)3-4-18-12/h1-5,8H,6-7H2,(H,20,21). The number of benzene rings is 1. The number of nitrogens with zero attached hydrogens (tertiary/aromatic N) is 2. The van der Waals surface area contributed by atoms with Gasteiger partial charge in [0, 0.05) is 30.4 Å². The number of carbonyl (C=O) groups is 1. The number of rotatable bonds is 2. The van der Waals surface area contributed by atoms with Gasteiger partial charge in [0.05, 0.1) is 17.0 Å². The molecule has 21 heavy (non-hydrogen) atoms. The average molecular weight is 296 g/mol. The van der Waals surface area contributed by atoms with Gasteiger partial charge in [-0.1, -0.05) is 0 Å². The molecule has 1 fully saturated rings. The first-order valence-electron chi connectivity index (χ1n) is 6.30. The molecule has 1 aromatic carbocycles. The van der Waals surface area contributed by atoms with Crippen LogP contribution in [0.3, 0.4) is 0 Å². The fourth-order valence-electron chi connectivity index (χ4n) is 2.41. The Labute approximate surface area is 117 Å². The number of fused-ring (bicyclic) bond motifs is 1. The van der Waals surface area contributed by atoms with Crippen LogP contribution in [0.15, 0.2) is 30.5 Å². The van der Waals surface area contributed by atoms with Gasteiger partial charge in [0.1, 0.15) is 0 Å². The second kappa shape index (κ2) is 4.61. The van der Waals surface area contributed by atoms with E-state index >= 15 is 0 Å². The Bertz CT molecular complexity index is 709. The van der Waals surface area contributed by atoms with E-state index in [-0.39, 0.29) is 18.7 Å². The van der Waals surface area contributed by atoms with Crippen LogP contribution in [0.5, 0.6) is 0 Å². The maximum absolute atomic E-state index is 12.5. The monoisotopic (exact) mass is 296 g/mol. The van der Waals surface area contributed by atoms with Gasteiger partial charge in [0.15, 0.2) is 0 Å². The maximum Gasteiger partial charge on any atom is 0.395 e. The van der Waals surface area contributed by atoms with Crippen molar-refractivity contribution in [1.82, 2.24) is 4.98 Å². The maximum atomic E-state index is 12.5. The zero-order valence-corrected chi connectivity index (χ0v) is 10.8. The lowest BCUT2D eigenvalue weighted by Gasteiger charge is -2.41. The fourth-order valence-corrected chi connectivity index (χ4v) is 2.41. The van der Waals surface area contributed by atoms with Gasteiger partial charge in [0.25, 0.3) is 0 Å². The first-order chi connectivity index (χ1) is 9.86. The summed E-state index contributed by atoms with van der Waals surface area (Å²) in [5, 5.41) is 9.57. The molecule has 0 saturated carbocycles. The fraction of sp³-hybridized carbons (Fsp3) is 0.286. The molecule has 1 aromatic heterocycles. The molecule has 2 heterocycles. The number of aromatic nitrogens is 1. The third-order valence-corrected chi connectivity index (χ3v) is 3.67. The molecule has 0 bridgehead atoms. The van der Waals surface area contributed by atoms with Crippen LogP contribution in [0.2, 0.25) is 0 Å². The average Bonchev–Trinajstić information content (AvgIpc) is 2.34. The third kappa shape index (κ3) is 2.39. The van der Waals surface area contributed by atoms with Crippen molar-refractivity contribution in [2.24, 2.45) is 5.92 Å². The minimum absolute atomic E-state index is 0.0924. The first-order valence-corrected chi connectivity index (χ1v) is 6.30. The first kappa shape index (κ1) is 13.7. The van der Waals surface area contributed by atoms with Gasteiger partial charge in [-0.2, -0.15) is 13.2 Å². The van der Waals surface area contributed by atoms with Crippen molar-refractivity contribution in [2.75, 3.05) is 18.0 Å². The highest BCUT2D eigenvalue weighted by Crippen LogP contribution is 2.37. The van der Waals surface area contributed by atoms with Crippen LogP contribution in [0.1, 0.15) is 10.4 Å². The van der Waals surface area contributed by atoms with Crippen LogP contribution < -0.4 is 4.90 Å². The normalized spacial score (nSPS) is 16.0. The number of hydrogen-bond donors (Lipinski definition) is 1. The van der Waals surface area contributed by atoms with E-state index in [4.69, 9.17) is 5.11 Å². The van der Waals surface area contributed by atoms with Gasteiger partial charge < -0.3 is 10.0 Å². The second-order valence-electron chi connectivity index (χ2n) is 5.01. The van der Waals surface area contributed by atoms with Crippen molar-refractivity contribution in [1.29, 1.82) is 0 Å². The molecule has 1 N–H and O–H groups in total. The summed E-state index contributed by atoms with van der Waals surface area (Å²) in [5.41, 5.74) is 1.18. The molecule has 1 aliphatic rings. The van der Waals surface area contributed by atoms with Crippen LogP contribution in [0, 0.1) is 5.92 Å². The van der Waals surface area contributed by atoms with Crippen molar-refractivity contribution in [3.63, 3.8) is 0 Å². The third-order valence-electron chi connectivity index (χ3n) is 3.67. The number of hydrogen-bond acceptors (Lipinski definition) is 3. The summed E-state index contributed by atoms with van der Waals surface area (Å²) in [5.74, 6) is -2.41. The summed E-state index contributed by atoms with van der Waals surface area (Å²) >= 11 is 0. The van der Waals surface area contributed by atoms with Crippen molar-refractivity contribution < 1.29 is 23.1 Å². The van der Waals surface area contributed by atoms with E-state index in [1.165, 1.54) is 12.3 Å². The molecule has 0 amide bonds. The Balaban J connectivity index is 1.92. The summed E-state index contributed by atoms with van der Waals surface area (Å²) < 4.78 is 37.5. The molecule has 0 spiro atoms. The lowest BCUT2D eigenvalue weighted by Crippen LogP contribution is -2.53. The Hall–Kier alpha value is -2.31. The Morgan fingerprint density at radius 1 is 1.29 bits per heavy atom. The van der Waals surface area contributed by atoms with Gasteiger partial charge in [-0.25, -0.2) is 4.79 Å². The van der Waals surface area contributed by atoms with Gasteiger partial charge in [-0.05, 0) is 24.3 Å². The molecule has 110 valence electrons. The summed E-state index contributed by atoms with van der Waals surface area (Å²) in [6.45, 7) is -0.199. The van der Waals surface area contributed by atoms with Gasteiger partial charge in [-0.15, -0.1) is 0 Å². The van der Waals surface area contributed by atoms with Crippen molar-refractivity contribution in [3.8, 4) is 0 Å². The summed E-state index contributed by atoms with van der Waals surface area (Å²) in [6.07, 6.45) is -2.78. The van der Waals surface area contributed by atoms with Crippen LogP contribution >= 0.6 is 0 Å². The zero-order valence-electron chi connectivity index (χ0n) is 10.8. The molecular weight excluding hydrogens is 285 g/mol. The van der Waals surface area contributed by atoms with Gasteiger partial charge >= 0.3 is 12.1 Å². The van der Waals surface area contributed by atoms with E-state index in [0.717, 1.165) is 0 Å². The highest BCUT2D eigenvalue weighted by Gasteiger charge is 2.47. The van der Waals surface area contributed by atoms with Crippen molar-refractivity contribution in [2.45, 2.75) is 6.18 Å². The summed E-state index contributed by atoms with van der Waals surface area (Å²) in [6, 6.07) is 6.24. The highest BCUT2D eigenvalue weighted by atomic mass is 19.4. The summed E-state index contributed by atoms with van der Waals surface area (Å²) in [4.78, 5) is 16.8. The Morgan fingerprint density at radius 3 is 2.62 bits per heavy atom. The van der Waals surface area contributed by atoms with Crippen LogP contribution in [0.25, 0.3) is 10.9 Å². The molecule has 1 saturated heterocycles. The smallest absolute Gasteiger partial charge is 0.395 e. The van der Waals surface area contributed by atoms with E-state index in [2.05, 4.69) is 4.98 Å². The minimum atomic E-state index is -4.18. The van der Waals surface area contributed by atoms with E-state index in [0.29, 0.717) is 16.6 Å². The van der Waals surface area contributed by atoms with Crippen LogP contribution in [-0.2, 0) is 0 Å². The predicted octanol–water partition coefficient (Wildman–Crippen LogP) is 2.93. The zero-order chi connectivity index (χ0) is 15.2. The molecule has 0 atom stereocenters. The lowest BCUT2D eigenvalue weighted by atomic mass is 9.98. The molecule has 0 radical (unpaired) electrons. The van der Waals surface area contributed by atoms with Gasteiger partial charge in [0.2, 0.25) is 0 Å². The number of halogens is 3. The van der Waals surface area contributed by atoms with E-state index < -0.39 is 18.1 Å². The Morgan fingerprint density at radius 2 is 2.00 bits per heavy atom. The quantitative estimate of drug-likeness (QED) is 0.925. The number of aromatic carboxylic acids is 1. The molecule has 2 aromatic rings. The molecule has 0 unspecified atom stereocenters. The number of carboxylic acids is 1. The summed E-state index contributed by atoms with van der Waals surface area (Å²) in [7, 11) is 0. The largest absolute Gasteiger partial charge is 0.478 e. The van der Waals surface area contributed by atoms with Crippen molar-refractivity contribution >= 4 is 22.6 Å². The van der Waals surface area contributed by atoms with Gasteiger partial charge in [-0.3, -0.25) is 4.98 Å². The molecule has 4 nitrogen and oxygen atoms in total. The molecular formula is C14H11F3N2O2. The SMILES string of the molecule is O=C(O)c1ccnc2ccc(N3CC(C(F)(F)F)C3)cc12. The van der Waals surface area contributed by atoms with Crippen LogP contribution in [-0.4, -0.2) is 35.3 Å². The molecule has 3 rings (SSSR count). The Kier molecular flexibility index (Phi) is 3.00. The van der Waals surface area contributed by atoms with Crippen LogP contribution in [0.4, 0.5) is 18.9 Å². The molecule has 7 heteroatoms. The number of anilines is 1. The molecule has 0 aliphatic carbocycles. The second-order valence-corrected chi connectivity index (χ2v) is 5.01. The van der Waals surface area contributed by atoms with E-state index in [1.807, 2.05) is 0 Å². The van der Waals surface area contributed by atoms with E-state index in [1.54, 1.807) is 23.1 Å². The number of pyridine rings is 1. The lowest BCUT2D eigenvalue weighted by molar-refractivity contribution is -0.180. The van der Waals surface area contributed by atoms with Crippen molar-refractivity contribution in [3.05, 3.63) is 36.0 Å². The topological polar surface area (TPSA) is 53.4 Å². The van der Waals surface area contributed by atoms with E-state index in [9.17, 15) is 18.0 Å². The predicted molar refractivity (Wildman–Crippen MR) is 70.5 cm³/mol.